The maximum atomic E-state index is 13.4. The van der Waals surface area contributed by atoms with Gasteiger partial charge in [-0.2, -0.15) is 0 Å². The van der Waals surface area contributed by atoms with Gasteiger partial charge in [-0.25, -0.2) is 9.18 Å². The molecule has 0 bridgehead atoms. The van der Waals surface area contributed by atoms with E-state index < -0.39 is 17.3 Å². The Balaban J connectivity index is 2.36. The highest BCUT2D eigenvalue weighted by Gasteiger charge is 2.15. The van der Waals surface area contributed by atoms with Gasteiger partial charge in [0.25, 0.3) is 0 Å². The van der Waals surface area contributed by atoms with E-state index in [1.165, 1.54) is 11.3 Å². The largest absolute Gasteiger partial charge is 0.478 e. The van der Waals surface area contributed by atoms with Crippen LogP contribution in [0.3, 0.4) is 0 Å². The third-order valence-corrected chi connectivity index (χ3v) is 3.72. The van der Waals surface area contributed by atoms with Crippen molar-refractivity contribution in [1.82, 2.24) is 10.2 Å². The second-order valence-electron chi connectivity index (χ2n) is 2.98. The number of carboxylic acids is 1. The van der Waals surface area contributed by atoms with Crippen molar-refractivity contribution in [1.29, 1.82) is 0 Å². The summed E-state index contributed by atoms with van der Waals surface area (Å²) in [6.07, 6.45) is 0. The van der Waals surface area contributed by atoms with E-state index >= 15 is 0 Å². The summed E-state index contributed by atoms with van der Waals surface area (Å²) in [6.45, 7) is 0. The molecule has 2 aromatic rings. The molecule has 0 aliphatic heterocycles. The average molecular weight is 271 g/mol. The maximum absolute atomic E-state index is 13.4. The Kier molecular flexibility index (Phi) is 3.25. The normalized spacial score (nSPS) is 10.4. The highest BCUT2D eigenvalue weighted by Crippen LogP contribution is 2.34. The van der Waals surface area contributed by atoms with Gasteiger partial charge in [0.05, 0.1) is 5.56 Å². The van der Waals surface area contributed by atoms with Crippen molar-refractivity contribution in [2.45, 2.75) is 9.24 Å². The van der Waals surface area contributed by atoms with Crippen LogP contribution in [0.2, 0.25) is 0 Å². The standard InChI is InChI=1S/C9H6FN3O2S2/c10-5-2-7(17-9-13-12-3-16-9)6(11)1-4(5)8(14)15/h1-3H,11H2,(H,14,15). The van der Waals surface area contributed by atoms with Crippen molar-refractivity contribution in [2.24, 2.45) is 0 Å². The first-order valence-electron chi connectivity index (χ1n) is 4.34. The van der Waals surface area contributed by atoms with Crippen molar-refractivity contribution in [3.63, 3.8) is 0 Å². The van der Waals surface area contributed by atoms with Crippen LogP contribution in [0.15, 0.2) is 26.9 Å². The number of hydrogen-bond acceptors (Lipinski definition) is 6. The second-order valence-corrected chi connectivity index (χ2v) is 5.10. The van der Waals surface area contributed by atoms with Crippen LogP contribution in [0.25, 0.3) is 0 Å². The molecule has 0 saturated carbocycles. The van der Waals surface area contributed by atoms with Gasteiger partial charge in [0.2, 0.25) is 0 Å². The van der Waals surface area contributed by atoms with Crippen molar-refractivity contribution in [2.75, 3.05) is 5.73 Å². The molecular weight excluding hydrogens is 265 g/mol. The zero-order valence-electron chi connectivity index (χ0n) is 8.25. The van der Waals surface area contributed by atoms with Gasteiger partial charge < -0.3 is 10.8 Å². The number of anilines is 1. The molecule has 5 nitrogen and oxygen atoms in total. The molecule has 0 fully saturated rings. The van der Waals surface area contributed by atoms with Crippen LogP contribution in [-0.2, 0) is 0 Å². The number of rotatable bonds is 3. The van der Waals surface area contributed by atoms with E-state index in [4.69, 9.17) is 10.8 Å². The molecule has 8 heteroatoms. The summed E-state index contributed by atoms with van der Waals surface area (Å²) in [5.74, 6) is -2.17. The van der Waals surface area contributed by atoms with Crippen LogP contribution < -0.4 is 5.73 Å². The number of nitrogens with two attached hydrogens (primary N) is 1. The van der Waals surface area contributed by atoms with Gasteiger partial charge >= 0.3 is 5.97 Å². The lowest BCUT2D eigenvalue weighted by molar-refractivity contribution is 0.0692. The fourth-order valence-electron chi connectivity index (χ4n) is 1.13. The Hall–Kier alpha value is -1.67. The molecule has 0 aliphatic carbocycles. The minimum atomic E-state index is -1.35. The van der Waals surface area contributed by atoms with E-state index in [9.17, 15) is 9.18 Å². The fraction of sp³-hybridized carbons (Fsp3) is 0. The first-order valence-corrected chi connectivity index (χ1v) is 6.04. The number of carbonyl (C=O) groups is 1. The van der Waals surface area contributed by atoms with Crippen LogP contribution in [-0.4, -0.2) is 21.3 Å². The highest BCUT2D eigenvalue weighted by atomic mass is 32.2. The molecule has 2 rings (SSSR count). The number of carboxylic acid groups (broad SMARTS) is 1. The van der Waals surface area contributed by atoms with Gasteiger partial charge in [0.1, 0.15) is 11.3 Å². The van der Waals surface area contributed by atoms with E-state index in [-0.39, 0.29) is 5.69 Å². The molecule has 0 amide bonds. The van der Waals surface area contributed by atoms with Crippen LogP contribution in [0.4, 0.5) is 10.1 Å². The SMILES string of the molecule is Nc1cc(C(=O)O)c(F)cc1Sc1nncs1. The predicted molar refractivity (Wildman–Crippen MR) is 61.8 cm³/mol. The third kappa shape index (κ3) is 2.53. The summed E-state index contributed by atoms with van der Waals surface area (Å²) >= 11 is 2.43. The van der Waals surface area contributed by atoms with Gasteiger partial charge in [-0.3, -0.25) is 0 Å². The summed E-state index contributed by atoms with van der Waals surface area (Å²) in [7, 11) is 0. The Labute approximate surface area is 103 Å². The molecule has 0 spiro atoms. The molecule has 0 radical (unpaired) electrons. The smallest absolute Gasteiger partial charge is 0.338 e. The first kappa shape index (κ1) is 11.8. The summed E-state index contributed by atoms with van der Waals surface area (Å²) < 4.78 is 14.0. The Bertz CT molecular complexity index is 560. The average Bonchev–Trinajstić information content (AvgIpc) is 2.75. The lowest BCUT2D eigenvalue weighted by Gasteiger charge is -2.05. The zero-order valence-corrected chi connectivity index (χ0v) is 9.89. The molecule has 1 heterocycles. The Morgan fingerprint density at radius 2 is 2.29 bits per heavy atom. The van der Waals surface area contributed by atoms with Crippen molar-refractivity contribution < 1.29 is 14.3 Å². The monoisotopic (exact) mass is 271 g/mol. The van der Waals surface area contributed by atoms with E-state index in [1.807, 2.05) is 0 Å². The van der Waals surface area contributed by atoms with E-state index in [0.29, 0.717) is 9.24 Å². The molecule has 17 heavy (non-hydrogen) atoms. The first-order chi connectivity index (χ1) is 8.08. The fourth-order valence-corrected chi connectivity index (χ4v) is 2.61. The lowest BCUT2D eigenvalue weighted by Crippen LogP contribution is -2.03. The molecule has 88 valence electrons. The molecule has 0 aliphatic rings. The number of halogens is 1. The topological polar surface area (TPSA) is 89.1 Å². The van der Waals surface area contributed by atoms with Crippen molar-refractivity contribution >= 4 is 34.8 Å². The van der Waals surface area contributed by atoms with Crippen LogP contribution >= 0.6 is 23.1 Å². The minimum absolute atomic E-state index is 0.198. The number of aromatic carboxylic acids is 1. The summed E-state index contributed by atoms with van der Waals surface area (Å²) in [5.41, 5.74) is 6.95. The summed E-state index contributed by atoms with van der Waals surface area (Å²) in [4.78, 5) is 11.1. The lowest BCUT2D eigenvalue weighted by atomic mass is 10.2. The van der Waals surface area contributed by atoms with Gasteiger partial charge in [0.15, 0.2) is 4.34 Å². The second kappa shape index (κ2) is 4.68. The number of hydrogen-bond donors (Lipinski definition) is 2. The van der Waals surface area contributed by atoms with Crippen molar-refractivity contribution in [3.05, 3.63) is 29.0 Å². The number of benzene rings is 1. The van der Waals surface area contributed by atoms with E-state index in [1.54, 1.807) is 5.51 Å². The van der Waals surface area contributed by atoms with Crippen LogP contribution in [0.1, 0.15) is 10.4 Å². The van der Waals surface area contributed by atoms with Crippen LogP contribution in [0.5, 0.6) is 0 Å². The minimum Gasteiger partial charge on any atom is -0.478 e. The summed E-state index contributed by atoms with van der Waals surface area (Å²) in [6, 6.07) is 2.19. The predicted octanol–water partition coefficient (Wildman–Crippen LogP) is 2.11. The molecule has 0 unspecified atom stereocenters. The molecule has 1 aromatic carbocycles. The van der Waals surface area contributed by atoms with Crippen molar-refractivity contribution in [3.8, 4) is 0 Å². The quantitative estimate of drug-likeness (QED) is 0.831. The number of nitrogens with zero attached hydrogens (tertiary/aromatic N) is 2. The Morgan fingerprint density at radius 3 is 2.88 bits per heavy atom. The van der Waals surface area contributed by atoms with Gasteiger partial charge in [0, 0.05) is 10.6 Å². The van der Waals surface area contributed by atoms with Gasteiger partial charge in [-0.1, -0.05) is 23.1 Å². The van der Waals surface area contributed by atoms with Gasteiger partial charge in [-0.05, 0) is 12.1 Å². The highest BCUT2D eigenvalue weighted by molar-refractivity contribution is 8.01. The zero-order chi connectivity index (χ0) is 12.4. The number of nitrogen functional groups attached to an aromatic ring is 1. The van der Waals surface area contributed by atoms with E-state index in [2.05, 4.69) is 10.2 Å². The number of aromatic nitrogens is 2. The summed E-state index contributed by atoms with van der Waals surface area (Å²) in [5, 5.41) is 16.1. The molecular formula is C9H6FN3O2S2. The molecule has 1 aromatic heterocycles. The molecule has 0 atom stereocenters. The van der Waals surface area contributed by atoms with E-state index in [0.717, 1.165) is 23.9 Å². The van der Waals surface area contributed by atoms with Gasteiger partial charge in [-0.15, -0.1) is 10.2 Å². The van der Waals surface area contributed by atoms with Crippen LogP contribution in [0, 0.1) is 5.82 Å². The Morgan fingerprint density at radius 1 is 1.53 bits per heavy atom. The third-order valence-electron chi connectivity index (χ3n) is 1.87. The maximum Gasteiger partial charge on any atom is 0.338 e. The molecule has 3 N–H and O–H groups in total. The molecule has 0 saturated heterocycles.